The first-order chi connectivity index (χ1) is 8.56. The minimum Gasteiger partial charge on any atom is -0.477 e. The molecule has 1 N–H and O–H groups in total. The summed E-state index contributed by atoms with van der Waals surface area (Å²) in [6, 6.07) is 7.68. The second-order valence-corrected chi connectivity index (χ2v) is 5.18. The Kier molecular flexibility index (Phi) is 3.95. The van der Waals surface area contributed by atoms with Crippen LogP contribution in [0, 0.1) is 3.57 Å². The average Bonchev–Trinajstić information content (AvgIpc) is 2.34. The van der Waals surface area contributed by atoms with E-state index in [-0.39, 0.29) is 24.5 Å². The highest BCUT2D eigenvalue weighted by Gasteiger charge is 2.23. The molecule has 1 amide bonds. The quantitative estimate of drug-likeness (QED) is 0.839. The molecule has 1 aliphatic heterocycles. The van der Waals surface area contributed by atoms with Crippen molar-refractivity contribution in [1.82, 2.24) is 5.01 Å². The Morgan fingerprint density at radius 3 is 2.61 bits per heavy atom. The summed E-state index contributed by atoms with van der Waals surface area (Å²) in [6.45, 7) is 0.312. The lowest BCUT2D eigenvalue weighted by molar-refractivity contribution is -0.133. The summed E-state index contributed by atoms with van der Waals surface area (Å²) in [5, 5.41) is 14.0. The molecule has 1 heterocycles. The van der Waals surface area contributed by atoms with Crippen LogP contribution >= 0.6 is 22.6 Å². The molecule has 0 atom stereocenters. The first-order valence-corrected chi connectivity index (χ1v) is 6.50. The topological polar surface area (TPSA) is 70.0 Å². The summed E-state index contributed by atoms with van der Waals surface area (Å²) < 4.78 is 1.11. The molecule has 0 saturated carbocycles. The highest BCUT2D eigenvalue weighted by Crippen LogP contribution is 2.14. The number of halogens is 1. The Morgan fingerprint density at radius 2 is 2.00 bits per heavy atom. The molecule has 0 spiro atoms. The Labute approximate surface area is 118 Å². The van der Waals surface area contributed by atoms with Crippen LogP contribution in [0.1, 0.15) is 18.4 Å². The normalized spacial score (nSPS) is 15.5. The van der Waals surface area contributed by atoms with Gasteiger partial charge < -0.3 is 5.11 Å². The predicted octanol–water partition coefficient (Wildman–Crippen LogP) is 1.85. The molecule has 0 bridgehead atoms. The van der Waals surface area contributed by atoms with E-state index in [0.29, 0.717) is 6.54 Å². The predicted molar refractivity (Wildman–Crippen MR) is 74.0 cm³/mol. The third-order valence-electron chi connectivity index (χ3n) is 2.60. The van der Waals surface area contributed by atoms with Gasteiger partial charge in [-0.2, -0.15) is 5.10 Å². The second-order valence-electron chi connectivity index (χ2n) is 3.93. The zero-order chi connectivity index (χ0) is 13.1. The molecular weight excluding hydrogens is 347 g/mol. The van der Waals surface area contributed by atoms with Crippen molar-refractivity contribution in [3.05, 3.63) is 33.4 Å². The van der Waals surface area contributed by atoms with Crippen LogP contribution in [0.5, 0.6) is 0 Å². The van der Waals surface area contributed by atoms with Crippen molar-refractivity contribution in [2.75, 3.05) is 0 Å². The number of carboxylic acids is 1. The minimum absolute atomic E-state index is 0.0418. The Bertz CT molecular complexity index is 511. The molecule has 0 aliphatic carbocycles. The molecule has 94 valence electrons. The largest absolute Gasteiger partial charge is 0.477 e. The number of carbonyl (C=O) groups is 2. The molecular formula is C12H11IN2O3. The monoisotopic (exact) mass is 358 g/mol. The van der Waals surface area contributed by atoms with E-state index in [2.05, 4.69) is 27.7 Å². The molecule has 6 heteroatoms. The van der Waals surface area contributed by atoms with Crippen LogP contribution in [-0.4, -0.2) is 27.7 Å². The van der Waals surface area contributed by atoms with E-state index >= 15 is 0 Å². The fourth-order valence-corrected chi connectivity index (χ4v) is 2.00. The van der Waals surface area contributed by atoms with Gasteiger partial charge in [-0.25, -0.2) is 9.80 Å². The number of carbonyl (C=O) groups excluding carboxylic acids is 1. The zero-order valence-electron chi connectivity index (χ0n) is 9.47. The second kappa shape index (κ2) is 5.47. The van der Waals surface area contributed by atoms with Gasteiger partial charge in [0, 0.05) is 16.4 Å². The zero-order valence-corrected chi connectivity index (χ0v) is 11.6. The number of rotatable bonds is 3. The Balaban J connectivity index is 2.16. The molecule has 18 heavy (non-hydrogen) atoms. The van der Waals surface area contributed by atoms with E-state index in [4.69, 9.17) is 5.11 Å². The van der Waals surface area contributed by atoms with E-state index in [9.17, 15) is 9.59 Å². The van der Waals surface area contributed by atoms with Crippen molar-refractivity contribution in [3.8, 4) is 0 Å². The van der Waals surface area contributed by atoms with E-state index in [1.54, 1.807) is 0 Å². The van der Waals surface area contributed by atoms with Gasteiger partial charge in [-0.15, -0.1) is 0 Å². The van der Waals surface area contributed by atoms with Crippen LogP contribution in [0.15, 0.2) is 29.4 Å². The van der Waals surface area contributed by atoms with Crippen molar-refractivity contribution in [2.24, 2.45) is 5.10 Å². The van der Waals surface area contributed by atoms with Crippen molar-refractivity contribution >= 4 is 40.2 Å². The van der Waals surface area contributed by atoms with Crippen LogP contribution in [0.4, 0.5) is 0 Å². The number of benzene rings is 1. The molecule has 0 unspecified atom stereocenters. The Hall–Kier alpha value is -1.44. The van der Waals surface area contributed by atoms with Crippen molar-refractivity contribution in [2.45, 2.75) is 19.4 Å². The maximum Gasteiger partial charge on any atom is 0.352 e. The van der Waals surface area contributed by atoms with Crippen LogP contribution in [0.3, 0.4) is 0 Å². The average molecular weight is 358 g/mol. The molecule has 2 rings (SSSR count). The summed E-state index contributed by atoms with van der Waals surface area (Å²) in [4.78, 5) is 22.5. The molecule has 1 aromatic carbocycles. The standard InChI is InChI=1S/C12H11IN2O3/c13-9-3-1-8(2-4-9)7-15-11(16)6-5-10(14-15)12(17)18/h1-4H,5-7H2,(H,17,18). The molecule has 0 radical (unpaired) electrons. The van der Waals surface area contributed by atoms with E-state index in [1.807, 2.05) is 24.3 Å². The van der Waals surface area contributed by atoms with E-state index < -0.39 is 5.97 Å². The molecule has 0 aromatic heterocycles. The lowest BCUT2D eigenvalue weighted by Crippen LogP contribution is -2.33. The molecule has 1 aliphatic rings. The number of hydrogen-bond donors (Lipinski definition) is 1. The maximum absolute atomic E-state index is 11.7. The first kappa shape index (κ1) is 13.0. The number of hydrogen-bond acceptors (Lipinski definition) is 3. The van der Waals surface area contributed by atoms with Crippen LogP contribution < -0.4 is 0 Å². The van der Waals surface area contributed by atoms with Crippen molar-refractivity contribution in [3.63, 3.8) is 0 Å². The van der Waals surface area contributed by atoms with Gasteiger partial charge in [0.2, 0.25) is 5.91 Å². The summed E-state index contributed by atoms with van der Waals surface area (Å²) in [5.41, 5.74) is 0.972. The summed E-state index contributed by atoms with van der Waals surface area (Å²) in [6.07, 6.45) is 0.410. The van der Waals surface area contributed by atoms with E-state index in [0.717, 1.165) is 9.13 Å². The molecule has 5 nitrogen and oxygen atoms in total. The van der Waals surface area contributed by atoms with Crippen molar-refractivity contribution in [1.29, 1.82) is 0 Å². The van der Waals surface area contributed by atoms with Gasteiger partial charge in [-0.05, 0) is 40.3 Å². The molecule has 1 aromatic rings. The molecule has 0 saturated heterocycles. The number of amides is 1. The first-order valence-electron chi connectivity index (χ1n) is 5.42. The van der Waals surface area contributed by atoms with Crippen LogP contribution in [-0.2, 0) is 16.1 Å². The number of hydrazone groups is 1. The lowest BCUT2D eigenvalue weighted by atomic mass is 10.1. The number of carboxylic acid groups (broad SMARTS) is 1. The van der Waals surface area contributed by atoms with Crippen LogP contribution in [0.25, 0.3) is 0 Å². The highest BCUT2D eigenvalue weighted by molar-refractivity contribution is 14.1. The lowest BCUT2D eigenvalue weighted by Gasteiger charge is -2.22. The van der Waals surface area contributed by atoms with Gasteiger partial charge in [-0.3, -0.25) is 4.79 Å². The minimum atomic E-state index is -1.06. The summed E-state index contributed by atoms with van der Waals surface area (Å²) in [7, 11) is 0. The number of aliphatic carboxylic acids is 1. The SMILES string of the molecule is O=C(O)C1=NN(Cc2ccc(I)cc2)C(=O)CC1. The van der Waals surface area contributed by atoms with Gasteiger partial charge >= 0.3 is 5.97 Å². The third-order valence-corrected chi connectivity index (χ3v) is 3.32. The highest BCUT2D eigenvalue weighted by atomic mass is 127. The van der Waals surface area contributed by atoms with Crippen LogP contribution in [0.2, 0.25) is 0 Å². The Morgan fingerprint density at radius 1 is 1.33 bits per heavy atom. The van der Waals surface area contributed by atoms with Gasteiger partial charge in [0.05, 0.1) is 6.54 Å². The van der Waals surface area contributed by atoms with Gasteiger partial charge in [0.25, 0.3) is 0 Å². The van der Waals surface area contributed by atoms with Gasteiger partial charge in [0.15, 0.2) is 0 Å². The van der Waals surface area contributed by atoms with Gasteiger partial charge in [-0.1, -0.05) is 12.1 Å². The smallest absolute Gasteiger partial charge is 0.352 e. The maximum atomic E-state index is 11.7. The fraction of sp³-hybridized carbons (Fsp3) is 0.250. The van der Waals surface area contributed by atoms with Crippen molar-refractivity contribution < 1.29 is 14.7 Å². The summed E-state index contributed by atoms with van der Waals surface area (Å²) >= 11 is 2.20. The van der Waals surface area contributed by atoms with E-state index in [1.165, 1.54) is 5.01 Å². The summed E-state index contributed by atoms with van der Waals surface area (Å²) in [5.74, 6) is -1.20. The van der Waals surface area contributed by atoms with Gasteiger partial charge in [0.1, 0.15) is 5.71 Å². The third kappa shape index (κ3) is 3.06. The fourth-order valence-electron chi connectivity index (χ4n) is 1.64. The number of nitrogens with zero attached hydrogens (tertiary/aromatic N) is 2. The molecule has 0 fully saturated rings.